The average molecular weight is 303 g/mol. The molecule has 1 aliphatic heterocycles. The maximum absolute atomic E-state index is 12.3. The van der Waals surface area contributed by atoms with E-state index in [1.54, 1.807) is 6.07 Å². The second-order valence-electron chi connectivity index (χ2n) is 4.95. The molecule has 8 heteroatoms. The van der Waals surface area contributed by atoms with Crippen LogP contribution in [0.1, 0.15) is 23.3 Å². The van der Waals surface area contributed by atoms with Crippen LogP contribution in [0.25, 0.3) is 0 Å². The van der Waals surface area contributed by atoms with Gasteiger partial charge in [-0.2, -0.15) is 13.2 Å². The Balaban J connectivity index is 1.86. The molecule has 2 heterocycles. The zero-order valence-electron chi connectivity index (χ0n) is 11.3. The molecule has 0 unspecified atom stereocenters. The van der Waals surface area contributed by atoms with Crippen LogP contribution >= 0.6 is 0 Å². The SMILES string of the molecule is NC(=O)c1cc(OC2CCN(CC(F)(F)F)CC2)ccn1. The first-order valence-electron chi connectivity index (χ1n) is 6.55. The normalized spacial score (nSPS) is 17.7. The van der Waals surface area contributed by atoms with Crippen molar-refractivity contribution in [3.05, 3.63) is 24.0 Å². The quantitative estimate of drug-likeness (QED) is 0.917. The minimum atomic E-state index is -4.17. The van der Waals surface area contributed by atoms with Crippen molar-refractivity contribution in [2.45, 2.75) is 25.1 Å². The third kappa shape index (κ3) is 4.89. The van der Waals surface area contributed by atoms with Crippen LogP contribution in [0.3, 0.4) is 0 Å². The summed E-state index contributed by atoms with van der Waals surface area (Å²) in [5, 5.41) is 0. The van der Waals surface area contributed by atoms with Crippen molar-refractivity contribution >= 4 is 5.91 Å². The third-order valence-corrected chi connectivity index (χ3v) is 3.22. The molecule has 116 valence electrons. The fraction of sp³-hybridized carbons (Fsp3) is 0.538. The lowest BCUT2D eigenvalue weighted by Gasteiger charge is -2.32. The highest BCUT2D eigenvalue weighted by Crippen LogP contribution is 2.22. The highest BCUT2D eigenvalue weighted by Gasteiger charge is 2.32. The van der Waals surface area contributed by atoms with E-state index < -0.39 is 18.6 Å². The number of halogens is 3. The van der Waals surface area contributed by atoms with Crippen LogP contribution < -0.4 is 10.5 Å². The highest BCUT2D eigenvalue weighted by atomic mass is 19.4. The number of carbonyl (C=O) groups is 1. The number of nitrogens with two attached hydrogens (primary N) is 1. The number of piperidine rings is 1. The number of rotatable bonds is 4. The van der Waals surface area contributed by atoms with Gasteiger partial charge in [-0.15, -0.1) is 0 Å². The monoisotopic (exact) mass is 303 g/mol. The zero-order chi connectivity index (χ0) is 15.5. The molecular formula is C13H16F3N3O2. The number of primary amides is 1. The number of amides is 1. The van der Waals surface area contributed by atoms with E-state index in [4.69, 9.17) is 10.5 Å². The van der Waals surface area contributed by atoms with Gasteiger partial charge in [0.15, 0.2) is 0 Å². The van der Waals surface area contributed by atoms with Crippen molar-refractivity contribution in [3.8, 4) is 5.75 Å². The maximum Gasteiger partial charge on any atom is 0.401 e. The van der Waals surface area contributed by atoms with Crippen LogP contribution in [0.2, 0.25) is 0 Å². The Bertz CT molecular complexity index is 500. The number of aromatic nitrogens is 1. The van der Waals surface area contributed by atoms with Crippen LogP contribution in [-0.4, -0.2) is 47.7 Å². The minimum Gasteiger partial charge on any atom is -0.490 e. The van der Waals surface area contributed by atoms with Crippen molar-refractivity contribution < 1.29 is 22.7 Å². The number of nitrogens with zero attached hydrogens (tertiary/aromatic N) is 2. The number of carbonyl (C=O) groups excluding carboxylic acids is 1. The molecule has 2 rings (SSSR count). The first-order valence-corrected chi connectivity index (χ1v) is 6.55. The number of pyridine rings is 1. The Hall–Kier alpha value is -1.83. The molecule has 0 aliphatic carbocycles. The van der Waals surface area contributed by atoms with Gasteiger partial charge < -0.3 is 10.5 Å². The number of alkyl halides is 3. The Kier molecular flexibility index (Phi) is 4.66. The van der Waals surface area contributed by atoms with Gasteiger partial charge in [0.25, 0.3) is 5.91 Å². The predicted molar refractivity (Wildman–Crippen MR) is 68.9 cm³/mol. The van der Waals surface area contributed by atoms with Gasteiger partial charge in [0.2, 0.25) is 0 Å². The van der Waals surface area contributed by atoms with Crippen molar-refractivity contribution in [2.24, 2.45) is 5.73 Å². The van der Waals surface area contributed by atoms with Crippen LogP contribution in [-0.2, 0) is 0 Å². The molecule has 0 spiro atoms. The third-order valence-electron chi connectivity index (χ3n) is 3.22. The van der Waals surface area contributed by atoms with Gasteiger partial charge >= 0.3 is 6.18 Å². The molecule has 0 aromatic carbocycles. The Morgan fingerprint density at radius 2 is 2.10 bits per heavy atom. The molecule has 0 radical (unpaired) electrons. The lowest BCUT2D eigenvalue weighted by molar-refractivity contribution is -0.149. The summed E-state index contributed by atoms with van der Waals surface area (Å²) in [6.45, 7) is -0.226. The Morgan fingerprint density at radius 3 is 2.67 bits per heavy atom. The molecule has 1 saturated heterocycles. The van der Waals surface area contributed by atoms with Gasteiger partial charge in [-0.05, 0) is 18.9 Å². The summed E-state index contributed by atoms with van der Waals surface area (Å²) in [5.41, 5.74) is 5.22. The van der Waals surface area contributed by atoms with E-state index in [-0.39, 0.29) is 11.8 Å². The van der Waals surface area contributed by atoms with E-state index in [9.17, 15) is 18.0 Å². The topological polar surface area (TPSA) is 68.5 Å². The lowest BCUT2D eigenvalue weighted by atomic mass is 10.1. The van der Waals surface area contributed by atoms with Gasteiger partial charge in [-0.3, -0.25) is 14.7 Å². The lowest BCUT2D eigenvalue weighted by Crippen LogP contribution is -2.42. The van der Waals surface area contributed by atoms with E-state index in [1.807, 2.05) is 0 Å². The summed E-state index contributed by atoms with van der Waals surface area (Å²) in [5.74, 6) is -0.200. The van der Waals surface area contributed by atoms with E-state index in [0.717, 1.165) is 0 Å². The molecule has 5 nitrogen and oxygen atoms in total. The smallest absolute Gasteiger partial charge is 0.401 e. The summed E-state index contributed by atoms with van der Waals surface area (Å²) in [6, 6.07) is 3.03. The van der Waals surface area contributed by atoms with E-state index in [2.05, 4.69) is 4.98 Å². The molecule has 0 atom stereocenters. The molecule has 2 N–H and O–H groups in total. The van der Waals surface area contributed by atoms with E-state index >= 15 is 0 Å². The second-order valence-corrected chi connectivity index (χ2v) is 4.95. The summed E-state index contributed by atoms with van der Waals surface area (Å²) in [4.78, 5) is 16.2. The van der Waals surface area contributed by atoms with Crippen molar-refractivity contribution in [2.75, 3.05) is 19.6 Å². The van der Waals surface area contributed by atoms with Crippen LogP contribution in [0.15, 0.2) is 18.3 Å². The molecule has 1 aliphatic rings. The van der Waals surface area contributed by atoms with Gasteiger partial charge in [-0.25, -0.2) is 0 Å². The zero-order valence-corrected chi connectivity index (χ0v) is 11.3. The molecular weight excluding hydrogens is 287 g/mol. The van der Waals surface area contributed by atoms with Crippen molar-refractivity contribution in [3.63, 3.8) is 0 Å². The largest absolute Gasteiger partial charge is 0.490 e. The molecule has 1 aromatic heterocycles. The van der Waals surface area contributed by atoms with Crippen molar-refractivity contribution in [1.82, 2.24) is 9.88 Å². The Morgan fingerprint density at radius 1 is 1.43 bits per heavy atom. The van der Waals surface area contributed by atoms with Gasteiger partial charge in [-0.1, -0.05) is 0 Å². The second kappa shape index (κ2) is 6.30. The van der Waals surface area contributed by atoms with E-state index in [0.29, 0.717) is 31.7 Å². The van der Waals surface area contributed by atoms with Gasteiger partial charge in [0.05, 0.1) is 6.54 Å². The highest BCUT2D eigenvalue weighted by molar-refractivity contribution is 5.91. The number of hydrogen-bond acceptors (Lipinski definition) is 4. The van der Waals surface area contributed by atoms with Crippen LogP contribution in [0.4, 0.5) is 13.2 Å². The molecule has 0 saturated carbocycles. The summed E-state index contributed by atoms with van der Waals surface area (Å²) in [7, 11) is 0. The summed E-state index contributed by atoms with van der Waals surface area (Å²) < 4.78 is 42.5. The number of hydrogen-bond donors (Lipinski definition) is 1. The van der Waals surface area contributed by atoms with Crippen molar-refractivity contribution in [1.29, 1.82) is 0 Å². The molecule has 1 amide bonds. The fourth-order valence-electron chi connectivity index (χ4n) is 2.25. The van der Waals surface area contributed by atoms with E-state index in [1.165, 1.54) is 17.2 Å². The summed E-state index contributed by atoms with van der Waals surface area (Å²) >= 11 is 0. The van der Waals surface area contributed by atoms with Gasteiger partial charge in [0, 0.05) is 25.4 Å². The molecule has 21 heavy (non-hydrogen) atoms. The number of likely N-dealkylation sites (tertiary alicyclic amines) is 1. The molecule has 1 aromatic rings. The Labute approximate surface area is 119 Å². The molecule has 0 bridgehead atoms. The first kappa shape index (κ1) is 15.6. The van der Waals surface area contributed by atoms with Gasteiger partial charge in [0.1, 0.15) is 17.5 Å². The maximum atomic E-state index is 12.3. The van der Waals surface area contributed by atoms with Crippen LogP contribution in [0, 0.1) is 0 Å². The number of ether oxygens (including phenoxy) is 1. The summed E-state index contributed by atoms with van der Waals surface area (Å²) in [6.07, 6.45) is -1.92. The fourth-order valence-corrected chi connectivity index (χ4v) is 2.25. The molecule has 1 fully saturated rings. The predicted octanol–water partition coefficient (Wildman–Crippen LogP) is 1.59. The van der Waals surface area contributed by atoms with Crippen LogP contribution in [0.5, 0.6) is 5.75 Å². The standard InChI is InChI=1S/C13H16F3N3O2/c14-13(15,16)8-19-5-2-9(3-6-19)21-10-1-4-18-11(7-10)12(17)20/h1,4,7,9H,2-3,5-6,8H2,(H2,17,20). The first-order chi connectivity index (χ1) is 9.83. The average Bonchev–Trinajstić information content (AvgIpc) is 2.40. The minimum absolute atomic E-state index is 0.0991.